The fourth-order valence-corrected chi connectivity index (χ4v) is 3.70. The zero-order chi connectivity index (χ0) is 14.0. The minimum atomic E-state index is -0.305. The molecule has 19 heavy (non-hydrogen) atoms. The minimum Gasteiger partial charge on any atom is -0.494 e. The molecule has 1 fully saturated rings. The van der Waals surface area contributed by atoms with E-state index in [9.17, 15) is 4.39 Å². The highest BCUT2D eigenvalue weighted by Gasteiger charge is 2.34. The average molecular weight is 265 g/mol. The molecule has 0 amide bonds. The summed E-state index contributed by atoms with van der Waals surface area (Å²) in [7, 11) is 1.48. The van der Waals surface area contributed by atoms with Gasteiger partial charge >= 0.3 is 0 Å². The standard InChI is InChI=1S/C16H24FNO/c1-11-6-12(2)9-16(18,8-11)10-13-4-5-15(19-3)14(17)7-13/h4-5,7,11-12H,6,8-10,18H2,1-3H3. The van der Waals surface area contributed by atoms with Crippen LogP contribution >= 0.6 is 0 Å². The molecule has 3 heteroatoms. The summed E-state index contributed by atoms with van der Waals surface area (Å²) in [5, 5.41) is 0. The van der Waals surface area contributed by atoms with Crippen molar-refractivity contribution in [2.75, 3.05) is 7.11 Å². The Hall–Kier alpha value is -1.09. The SMILES string of the molecule is COc1ccc(CC2(N)CC(C)CC(C)C2)cc1F. The second kappa shape index (κ2) is 5.49. The van der Waals surface area contributed by atoms with Crippen LogP contribution in [-0.2, 0) is 6.42 Å². The zero-order valence-corrected chi connectivity index (χ0v) is 12.1. The van der Waals surface area contributed by atoms with Crippen molar-refractivity contribution in [2.45, 2.75) is 45.1 Å². The molecule has 0 radical (unpaired) electrons. The fourth-order valence-electron chi connectivity index (χ4n) is 3.70. The normalized spacial score (nSPS) is 31.2. The Morgan fingerprint density at radius 3 is 2.47 bits per heavy atom. The van der Waals surface area contributed by atoms with E-state index in [0.717, 1.165) is 24.8 Å². The van der Waals surface area contributed by atoms with Crippen LogP contribution in [-0.4, -0.2) is 12.6 Å². The van der Waals surface area contributed by atoms with Gasteiger partial charge in [0.25, 0.3) is 0 Å². The summed E-state index contributed by atoms with van der Waals surface area (Å²) >= 11 is 0. The molecule has 1 aliphatic rings. The summed E-state index contributed by atoms with van der Waals surface area (Å²) in [6, 6.07) is 5.15. The molecule has 1 aromatic carbocycles. The highest BCUT2D eigenvalue weighted by molar-refractivity contribution is 5.30. The van der Waals surface area contributed by atoms with E-state index in [-0.39, 0.29) is 11.4 Å². The van der Waals surface area contributed by atoms with Gasteiger partial charge in [-0.3, -0.25) is 0 Å². The van der Waals surface area contributed by atoms with E-state index in [4.69, 9.17) is 10.5 Å². The molecule has 0 aromatic heterocycles. The van der Waals surface area contributed by atoms with E-state index in [1.54, 1.807) is 12.1 Å². The molecule has 2 unspecified atom stereocenters. The Morgan fingerprint density at radius 1 is 1.32 bits per heavy atom. The molecule has 0 spiro atoms. The summed E-state index contributed by atoms with van der Waals surface area (Å²) in [4.78, 5) is 0. The van der Waals surface area contributed by atoms with E-state index in [1.807, 2.05) is 6.07 Å². The third-order valence-electron chi connectivity index (χ3n) is 4.09. The van der Waals surface area contributed by atoms with E-state index in [1.165, 1.54) is 13.5 Å². The van der Waals surface area contributed by atoms with Gasteiger partial charge in [-0.2, -0.15) is 0 Å². The lowest BCUT2D eigenvalue weighted by Crippen LogP contribution is -2.48. The summed E-state index contributed by atoms with van der Waals surface area (Å²) in [6.07, 6.45) is 4.02. The Balaban J connectivity index is 2.13. The first-order valence-electron chi connectivity index (χ1n) is 7.03. The van der Waals surface area contributed by atoms with Gasteiger partial charge in [-0.1, -0.05) is 19.9 Å². The molecule has 1 aromatic rings. The van der Waals surface area contributed by atoms with Crippen LogP contribution in [0.15, 0.2) is 18.2 Å². The van der Waals surface area contributed by atoms with Gasteiger partial charge in [-0.15, -0.1) is 0 Å². The summed E-state index contributed by atoms with van der Waals surface area (Å²) < 4.78 is 18.7. The van der Waals surface area contributed by atoms with E-state index < -0.39 is 0 Å². The lowest BCUT2D eigenvalue weighted by Gasteiger charge is -2.40. The molecular formula is C16H24FNO. The Bertz CT molecular complexity index is 436. The number of methoxy groups -OCH3 is 1. The van der Waals surface area contributed by atoms with Crippen LogP contribution < -0.4 is 10.5 Å². The molecule has 0 saturated heterocycles. The highest BCUT2D eigenvalue weighted by atomic mass is 19.1. The molecule has 0 bridgehead atoms. The van der Waals surface area contributed by atoms with Gasteiger partial charge in [0.1, 0.15) is 0 Å². The molecule has 2 nitrogen and oxygen atoms in total. The van der Waals surface area contributed by atoms with Crippen molar-refractivity contribution in [1.82, 2.24) is 0 Å². The van der Waals surface area contributed by atoms with Crippen molar-refractivity contribution >= 4 is 0 Å². The van der Waals surface area contributed by atoms with Gasteiger partial charge < -0.3 is 10.5 Å². The monoisotopic (exact) mass is 265 g/mol. The molecule has 106 valence electrons. The lowest BCUT2D eigenvalue weighted by atomic mass is 9.70. The maximum absolute atomic E-state index is 13.7. The maximum Gasteiger partial charge on any atom is 0.165 e. The number of benzene rings is 1. The van der Waals surface area contributed by atoms with Crippen LogP contribution in [0.5, 0.6) is 5.75 Å². The van der Waals surface area contributed by atoms with Gasteiger partial charge in [0.05, 0.1) is 7.11 Å². The fraction of sp³-hybridized carbons (Fsp3) is 0.625. The Morgan fingerprint density at radius 2 is 1.95 bits per heavy atom. The zero-order valence-electron chi connectivity index (χ0n) is 12.1. The number of halogens is 1. The first kappa shape index (κ1) is 14.3. The topological polar surface area (TPSA) is 35.2 Å². The highest BCUT2D eigenvalue weighted by Crippen LogP contribution is 2.36. The molecule has 1 aliphatic carbocycles. The molecule has 2 rings (SSSR count). The number of nitrogens with two attached hydrogens (primary N) is 1. The number of hydrogen-bond donors (Lipinski definition) is 1. The van der Waals surface area contributed by atoms with Gasteiger partial charge in [0, 0.05) is 5.54 Å². The van der Waals surface area contributed by atoms with Crippen molar-refractivity contribution in [2.24, 2.45) is 17.6 Å². The van der Waals surface area contributed by atoms with Crippen molar-refractivity contribution in [3.63, 3.8) is 0 Å². The van der Waals surface area contributed by atoms with Crippen molar-refractivity contribution < 1.29 is 9.13 Å². The number of hydrogen-bond acceptors (Lipinski definition) is 2. The predicted molar refractivity (Wildman–Crippen MR) is 75.8 cm³/mol. The quantitative estimate of drug-likeness (QED) is 0.907. The van der Waals surface area contributed by atoms with Crippen LogP contribution in [0, 0.1) is 17.7 Å². The third kappa shape index (κ3) is 3.47. The van der Waals surface area contributed by atoms with Gasteiger partial charge in [0.15, 0.2) is 11.6 Å². The van der Waals surface area contributed by atoms with Crippen LogP contribution in [0.1, 0.15) is 38.7 Å². The smallest absolute Gasteiger partial charge is 0.165 e. The van der Waals surface area contributed by atoms with Gasteiger partial charge in [-0.05, 0) is 55.2 Å². The summed E-state index contributed by atoms with van der Waals surface area (Å²) in [6.45, 7) is 4.51. The summed E-state index contributed by atoms with van der Waals surface area (Å²) in [5.41, 5.74) is 7.30. The van der Waals surface area contributed by atoms with Crippen molar-refractivity contribution in [3.8, 4) is 5.75 Å². The second-order valence-electron chi connectivity index (χ2n) is 6.36. The maximum atomic E-state index is 13.7. The summed E-state index contributed by atoms with van der Waals surface area (Å²) in [5.74, 6) is 1.29. The Labute approximate surface area is 115 Å². The van der Waals surface area contributed by atoms with E-state index in [0.29, 0.717) is 17.6 Å². The number of ether oxygens (including phenoxy) is 1. The lowest BCUT2D eigenvalue weighted by molar-refractivity contribution is 0.182. The molecule has 2 N–H and O–H groups in total. The molecular weight excluding hydrogens is 241 g/mol. The van der Waals surface area contributed by atoms with Crippen LogP contribution in [0.2, 0.25) is 0 Å². The van der Waals surface area contributed by atoms with Crippen LogP contribution in [0.25, 0.3) is 0 Å². The second-order valence-corrected chi connectivity index (χ2v) is 6.36. The Kier molecular flexibility index (Phi) is 4.14. The largest absolute Gasteiger partial charge is 0.494 e. The third-order valence-corrected chi connectivity index (χ3v) is 4.09. The van der Waals surface area contributed by atoms with Gasteiger partial charge in [-0.25, -0.2) is 4.39 Å². The van der Waals surface area contributed by atoms with Gasteiger partial charge in [0.2, 0.25) is 0 Å². The molecule has 0 aliphatic heterocycles. The van der Waals surface area contributed by atoms with Crippen LogP contribution in [0.3, 0.4) is 0 Å². The molecule has 1 saturated carbocycles. The van der Waals surface area contributed by atoms with Crippen LogP contribution in [0.4, 0.5) is 4.39 Å². The molecule has 2 atom stereocenters. The van der Waals surface area contributed by atoms with Crippen molar-refractivity contribution in [1.29, 1.82) is 0 Å². The van der Waals surface area contributed by atoms with Crippen molar-refractivity contribution in [3.05, 3.63) is 29.6 Å². The number of rotatable bonds is 3. The van der Waals surface area contributed by atoms with E-state index >= 15 is 0 Å². The molecule has 0 heterocycles. The first-order chi connectivity index (χ1) is 8.92. The first-order valence-corrected chi connectivity index (χ1v) is 7.03. The minimum absolute atomic E-state index is 0.196. The van der Waals surface area contributed by atoms with E-state index in [2.05, 4.69) is 13.8 Å². The average Bonchev–Trinajstić information content (AvgIpc) is 2.26. The predicted octanol–water partition coefficient (Wildman–Crippen LogP) is 3.53.